The van der Waals surface area contributed by atoms with Crippen molar-refractivity contribution in [2.75, 3.05) is 45.2 Å². The van der Waals surface area contributed by atoms with Gasteiger partial charge in [-0.1, -0.05) is 13.3 Å². The van der Waals surface area contributed by atoms with Gasteiger partial charge in [-0.05, 0) is 57.0 Å². The van der Waals surface area contributed by atoms with Gasteiger partial charge in [0.2, 0.25) is 11.8 Å². The molecule has 3 aliphatic heterocycles. The van der Waals surface area contributed by atoms with E-state index in [1.807, 2.05) is 0 Å². The van der Waals surface area contributed by atoms with Gasteiger partial charge in [0.15, 0.2) is 0 Å². The molecule has 0 aromatic heterocycles. The Morgan fingerprint density at radius 1 is 1.11 bits per heavy atom. The van der Waals surface area contributed by atoms with E-state index in [0.29, 0.717) is 49.4 Å². The Balaban J connectivity index is 1.32. The van der Waals surface area contributed by atoms with Crippen molar-refractivity contribution in [3.8, 4) is 5.75 Å². The normalized spacial score (nSPS) is 24.9. The molecule has 3 heterocycles. The van der Waals surface area contributed by atoms with Gasteiger partial charge in [-0.25, -0.2) is 0 Å². The van der Waals surface area contributed by atoms with Crippen LogP contribution in [0.1, 0.15) is 62.2 Å². The maximum atomic E-state index is 13.3. The molecule has 0 bridgehead atoms. The van der Waals surface area contributed by atoms with E-state index in [4.69, 9.17) is 9.47 Å². The molecule has 0 spiro atoms. The fourth-order valence-electron chi connectivity index (χ4n) is 5.17. The second-order valence-corrected chi connectivity index (χ2v) is 9.74. The van der Waals surface area contributed by atoms with E-state index in [0.717, 1.165) is 26.1 Å². The molecule has 3 amide bonds. The number of likely N-dealkylation sites (tertiary alicyclic amines) is 1. The fraction of sp³-hybridized carbons (Fsp3) is 0.654. The number of anilines is 1. The second kappa shape index (κ2) is 11.9. The summed E-state index contributed by atoms with van der Waals surface area (Å²) < 4.78 is 12.3. The summed E-state index contributed by atoms with van der Waals surface area (Å²) in [7, 11) is 1.78. The lowest BCUT2D eigenvalue weighted by Gasteiger charge is -2.42. The number of rotatable bonds is 7. The monoisotopic (exact) mass is 486 g/mol. The Kier molecular flexibility index (Phi) is 8.62. The molecule has 1 aromatic rings. The van der Waals surface area contributed by atoms with Gasteiger partial charge in [0.1, 0.15) is 18.5 Å². The minimum atomic E-state index is -0.309. The van der Waals surface area contributed by atoms with Crippen molar-refractivity contribution in [1.82, 2.24) is 15.1 Å². The van der Waals surface area contributed by atoms with Crippen molar-refractivity contribution < 1.29 is 23.9 Å². The summed E-state index contributed by atoms with van der Waals surface area (Å²) >= 11 is 0. The number of benzene rings is 1. The Morgan fingerprint density at radius 3 is 2.69 bits per heavy atom. The summed E-state index contributed by atoms with van der Waals surface area (Å²) in [6.07, 6.45) is 5.41. The van der Waals surface area contributed by atoms with Gasteiger partial charge in [0.25, 0.3) is 5.91 Å². The number of ether oxygens (including phenoxy) is 2. The standard InChI is InChI=1S/C26H38N4O5/c1-3-24(31)28-18-7-10-22-20(15-18)26(33)29(2)21-9-8-19(35-23(21)17-34-22)16-25(32)27-11-14-30-12-5-4-6-13-30/h7,10,15,19,21,23H,3-6,8-9,11-14,16-17H2,1-2H3,(H,27,32)(H,28,31)/t19-,21+,23-/m1/s1. The van der Waals surface area contributed by atoms with Gasteiger partial charge >= 0.3 is 0 Å². The zero-order valence-corrected chi connectivity index (χ0v) is 20.9. The zero-order valence-electron chi connectivity index (χ0n) is 20.9. The summed E-state index contributed by atoms with van der Waals surface area (Å²) in [5.74, 6) is 0.198. The zero-order chi connectivity index (χ0) is 24.8. The summed E-state index contributed by atoms with van der Waals surface area (Å²) in [4.78, 5) is 41.7. The highest BCUT2D eigenvalue weighted by Crippen LogP contribution is 2.32. The molecule has 2 saturated heterocycles. The number of fused-ring (bicyclic) bond motifs is 2. The van der Waals surface area contributed by atoms with E-state index in [2.05, 4.69) is 15.5 Å². The van der Waals surface area contributed by atoms with E-state index in [1.54, 1.807) is 37.1 Å². The number of nitrogens with one attached hydrogen (secondary N) is 2. The van der Waals surface area contributed by atoms with Crippen LogP contribution in [0.4, 0.5) is 5.69 Å². The number of hydrogen-bond donors (Lipinski definition) is 2. The number of amides is 3. The van der Waals surface area contributed by atoms with Crippen LogP contribution < -0.4 is 15.4 Å². The lowest BCUT2D eigenvalue weighted by molar-refractivity contribution is -0.134. The van der Waals surface area contributed by atoms with Crippen molar-refractivity contribution in [3.63, 3.8) is 0 Å². The molecule has 192 valence electrons. The highest BCUT2D eigenvalue weighted by molar-refractivity contribution is 5.99. The Bertz CT molecular complexity index is 917. The maximum Gasteiger partial charge on any atom is 0.257 e. The second-order valence-electron chi connectivity index (χ2n) is 9.74. The number of likely N-dealkylation sites (N-methyl/N-ethyl adjacent to an activating group) is 1. The fourth-order valence-corrected chi connectivity index (χ4v) is 5.17. The molecule has 4 rings (SSSR count). The molecule has 9 heteroatoms. The lowest BCUT2D eigenvalue weighted by Crippen LogP contribution is -2.54. The molecular formula is C26H38N4O5. The summed E-state index contributed by atoms with van der Waals surface area (Å²) in [6, 6.07) is 4.98. The highest BCUT2D eigenvalue weighted by atomic mass is 16.5. The predicted molar refractivity (Wildman–Crippen MR) is 133 cm³/mol. The van der Waals surface area contributed by atoms with Crippen molar-refractivity contribution in [1.29, 1.82) is 0 Å². The Hall–Kier alpha value is -2.65. The molecule has 3 aliphatic rings. The number of piperidine rings is 1. The third-order valence-electron chi connectivity index (χ3n) is 7.23. The minimum Gasteiger partial charge on any atom is -0.490 e. The first kappa shape index (κ1) is 25.4. The smallest absolute Gasteiger partial charge is 0.257 e. The van der Waals surface area contributed by atoms with E-state index in [1.165, 1.54) is 19.3 Å². The SMILES string of the molecule is CCC(=O)Nc1ccc2c(c1)C(=O)N(C)[C@H]1CC[C@H](CC(=O)NCCN3CCCCC3)O[C@@H]1CO2. The molecule has 1 aromatic carbocycles. The van der Waals surface area contributed by atoms with Crippen LogP contribution in [0.25, 0.3) is 0 Å². The molecule has 2 fully saturated rings. The largest absolute Gasteiger partial charge is 0.490 e. The number of carbonyl (C=O) groups excluding carboxylic acids is 3. The quantitative estimate of drug-likeness (QED) is 0.614. The first-order valence-corrected chi connectivity index (χ1v) is 12.9. The average Bonchev–Trinajstić information content (AvgIpc) is 2.87. The maximum absolute atomic E-state index is 13.3. The average molecular weight is 487 g/mol. The molecule has 0 unspecified atom stereocenters. The Labute approximate surface area is 207 Å². The topological polar surface area (TPSA) is 100 Å². The predicted octanol–water partition coefficient (Wildman–Crippen LogP) is 2.41. The van der Waals surface area contributed by atoms with Crippen LogP contribution in [0.15, 0.2) is 18.2 Å². The van der Waals surface area contributed by atoms with Gasteiger partial charge in [0.05, 0.1) is 24.1 Å². The summed E-state index contributed by atoms with van der Waals surface area (Å²) in [5, 5.41) is 5.83. The van der Waals surface area contributed by atoms with Crippen molar-refractivity contribution in [3.05, 3.63) is 23.8 Å². The number of hydrogen-bond acceptors (Lipinski definition) is 6. The molecule has 3 atom stereocenters. The van der Waals surface area contributed by atoms with Crippen molar-refractivity contribution in [2.45, 2.75) is 70.1 Å². The molecule has 35 heavy (non-hydrogen) atoms. The third-order valence-corrected chi connectivity index (χ3v) is 7.23. The first-order chi connectivity index (χ1) is 16.9. The van der Waals surface area contributed by atoms with Crippen LogP contribution in [-0.4, -0.2) is 85.6 Å². The third kappa shape index (κ3) is 6.52. The van der Waals surface area contributed by atoms with Gasteiger partial charge in [0, 0.05) is 32.2 Å². The molecular weight excluding hydrogens is 448 g/mol. The van der Waals surface area contributed by atoms with Crippen LogP contribution in [0.5, 0.6) is 5.75 Å². The van der Waals surface area contributed by atoms with Gasteiger partial charge < -0.3 is 29.9 Å². The minimum absolute atomic E-state index is 0.00801. The van der Waals surface area contributed by atoms with Crippen LogP contribution in [0.3, 0.4) is 0 Å². The van der Waals surface area contributed by atoms with Crippen molar-refractivity contribution >= 4 is 23.4 Å². The van der Waals surface area contributed by atoms with Crippen molar-refractivity contribution in [2.24, 2.45) is 0 Å². The van der Waals surface area contributed by atoms with Crippen LogP contribution >= 0.6 is 0 Å². The van der Waals surface area contributed by atoms with Crippen LogP contribution in [-0.2, 0) is 14.3 Å². The number of carbonyl (C=O) groups is 3. The molecule has 2 N–H and O–H groups in total. The van der Waals surface area contributed by atoms with Gasteiger partial charge in [-0.3, -0.25) is 14.4 Å². The Morgan fingerprint density at radius 2 is 1.91 bits per heavy atom. The lowest BCUT2D eigenvalue weighted by atomic mass is 9.94. The van der Waals surface area contributed by atoms with E-state index < -0.39 is 0 Å². The highest BCUT2D eigenvalue weighted by Gasteiger charge is 2.39. The van der Waals surface area contributed by atoms with E-state index >= 15 is 0 Å². The van der Waals surface area contributed by atoms with E-state index in [9.17, 15) is 14.4 Å². The molecule has 0 aliphatic carbocycles. The molecule has 9 nitrogen and oxygen atoms in total. The van der Waals surface area contributed by atoms with E-state index in [-0.39, 0.29) is 36.0 Å². The molecule has 0 saturated carbocycles. The van der Waals surface area contributed by atoms with Gasteiger partial charge in [-0.15, -0.1) is 0 Å². The van der Waals surface area contributed by atoms with Crippen LogP contribution in [0, 0.1) is 0 Å². The summed E-state index contributed by atoms with van der Waals surface area (Å²) in [5.41, 5.74) is 0.999. The first-order valence-electron chi connectivity index (χ1n) is 12.9. The van der Waals surface area contributed by atoms with Gasteiger partial charge in [-0.2, -0.15) is 0 Å². The summed E-state index contributed by atoms with van der Waals surface area (Å²) in [6.45, 7) is 5.87. The molecule has 0 radical (unpaired) electrons. The number of nitrogens with zero attached hydrogens (tertiary/aromatic N) is 2. The van der Waals surface area contributed by atoms with Crippen LogP contribution in [0.2, 0.25) is 0 Å².